The quantitative estimate of drug-likeness (QED) is 0.509. The highest BCUT2D eigenvalue weighted by Crippen LogP contribution is 2.39. The highest BCUT2D eigenvalue weighted by molar-refractivity contribution is 5.73. The Morgan fingerprint density at radius 2 is 1.56 bits per heavy atom. The summed E-state index contributed by atoms with van der Waals surface area (Å²) in [5, 5.41) is 0. The summed E-state index contributed by atoms with van der Waals surface area (Å²) in [5.41, 5.74) is -1.95. The lowest BCUT2D eigenvalue weighted by atomic mass is 9.89. The highest BCUT2D eigenvalue weighted by Gasteiger charge is 2.38. The van der Waals surface area contributed by atoms with Gasteiger partial charge in [0.2, 0.25) is 5.91 Å². The van der Waals surface area contributed by atoms with Crippen molar-refractivity contribution in [2.24, 2.45) is 5.92 Å². The van der Waals surface area contributed by atoms with Crippen molar-refractivity contribution < 1.29 is 35.9 Å². The van der Waals surface area contributed by atoms with Gasteiger partial charge in [-0.2, -0.15) is 26.3 Å². The minimum absolute atomic E-state index is 0.0421. The second kappa shape index (κ2) is 9.13. The number of benzene rings is 2. The first-order chi connectivity index (χ1) is 14.9. The summed E-state index contributed by atoms with van der Waals surface area (Å²) in [6.45, 7) is 3.84. The predicted molar refractivity (Wildman–Crippen MR) is 106 cm³/mol. The highest BCUT2D eigenvalue weighted by atomic mass is 19.4. The molecule has 0 saturated carbocycles. The molecular weight excluding hydrogens is 436 g/mol. The fraction of sp³-hybridized carbons (Fsp3) is 0.435. The van der Waals surface area contributed by atoms with Crippen molar-refractivity contribution in [3.8, 4) is 0 Å². The number of hydrogen-bond donors (Lipinski definition) is 0. The number of carbonyl (C=O) groups is 1. The van der Waals surface area contributed by atoms with Crippen LogP contribution in [-0.4, -0.2) is 30.5 Å². The Kier molecular flexibility index (Phi) is 6.88. The van der Waals surface area contributed by atoms with Crippen LogP contribution in [-0.2, 0) is 21.9 Å². The zero-order chi connectivity index (χ0) is 23.7. The molecule has 0 radical (unpaired) electrons. The third kappa shape index (κ3) is 5.62. The number of ether oxygens (including phenoxy) is 1. The summed E-state index contributed by atoms with van der Waals surface area (Å²) < 4.78 is 84.6. The van der Waals surface area contributed by atoms with E-state index >= 15 is 0 Å². The Balaban J connectivity index is 1.80. The Morgan fingerprint density at radius 1 is 1.00 bits per heavy atom. The van der Waals surface area contributed by atoms with Crippen LogP contribution < -0.4 is 0 Å². The second-order valence-corrected chi connectivity index (χ2v) is 8.02. The number of carbonyl (C=O) groups excluding carboxylic acids is 1. The van der Waals surface area contributed by atoms with Crippen molar-refractivity contribution in [1.29, 1.82) is 0 Å². The molecule has 0 aliphatic carbocycles. The molecule has 2 aromatic carbocycles. The normalized spacial score (nSPS) is 20.4. The van der Waals surface area contributed by atoms with E-state index in [1.165, 1.54) is 13.8 Å². The van der Waals surface area contributed by atoms with Gasteiger partial charge in [0.1, 0.15) is 0 Å². The third-order valence-corrected chi connectivity index (χ3v) is 5.75. The van der Waals surface area contributed by atoms with E-state index in [0.29, 0.717) is 25.2 Å². The van der Waals surface area contributed by atoms with E-state index in [-0.39, 0.29) is 36.0 Å². The molecule has 0 spiro atoms. The Morgan fingerprint density at radius 3 is 2.06 bits per heavy atom. The Bertz CT molecular complexity index is 909. The SMILES string of the molecule is CC(=O)N1CC(c2ccccc2)[C@H](CO[C@@H](C)c2cc(C(F)(F)F)cc(C(F)(F)F)c2)C1. The van der Waals surface area contributed by atoms with Gasteiger partial charge in [0.25, 0.3) is 0 Å². The van der Waals surface area contributed by atoms with Gasteiger partial charge in [0.05, 0.1) is 23.8 Å². The number of nitrogens with zero attached hydrogens (tertiary/aromatic N) is 1. The molecule has 2 aromatic rings. The molecule has 3 atom stereocenters. The molecule has 1 heterocycles. The van der Waals surface area contributed by atoms with Crippen molar-refractivity contribution >= 4 is 5.91 Å². The minimum Gasteiger partial charge on any atom is -0.373 e. The number of hydrogen-bond acceptors (Lipinski definition) is 2. The number of likely N-dealkylation sites (tertiary alicyclic amines) is 1. The van der Waals surface area contributed by atoms with Gasteiger partial charge in [-0.05, 0) is 36.2 Å². The lowest BCUT2D eigenvalue weighted by Gasteiger charge is -2.22. The fourth-order valence-electron chi connectivity index (χ4n) is 3.95. The first-order valence-electron chi connectivity index (χ1n) is 10.1. The van der Waals surface area contributed by atoms with E-state index in [9.17, 15) is 31.1 Å². The third-order valence-electron chi connectivity index (χ3n) is 5.75. The maximum atomic E-state index is 13.1. The van der Waals surface area contributed by atoms with Crippen LogP contribution in [0, 0.1) is 5.92 Å². The van der Waals surface area contributed by atoms with Gasteiger partial charge < -0.3 is 9.64 Å². The van der Waals surface area contributed by atoms with E-state index in [1.807, 2.05) is 30.3 Å². The molecule has 1 aliphatic rings. The predicted octanol–water partition coefficient (Wildman–Crippen LogP) is 6.06. The summed E-state index contributed by atoms with van der Waals surface area (Å²) in [7, 11) is 0. The average Bonchev–Trinajstić information content (AvgIpc) is 3.15. The smallest absolute Gasteiger partial charge is 0.373 e. The molecule has 0 aromatic heterocycles. The standard InChI is InChI=1S/C23H23F6NO2/c1-14(17-8-19(22(24,25)26)10-20(9-17)23(27,28)29)32-13-18-11-30(15(2)31)12-21(18)16-6-4-3-5-7-16/h3-10,14,18,21H,11-13H2,1-2H3/t14-,18-,21?/m0/s1. The number of alkyl halides is 6. The van der Waals surface area contributed by atoms with Gasteiger partial charge in [0, 0.05) is 31.8 Å². The molecule has 1 unspecified atom stereocenters. The minimum atomic E-state index is -4.92. The van der Waals surface area contributed by atoms with E-state index in [2.05, 4.69) is 0 Å². The lowest BCUT2D eigenvalue weighted by Crippen LogP contribution is -2.26. The molecule has 32 heavy (non-hydrogen) atoms. The summed E-state index contributed by atoms with van der Waals surface area (Å²) in [4.78, 5) is 13.5. The molecule has 1 aliphatic heterocycles. The lowest BCUT2D eigenvalue weighted by molar-refractivity contribution is -0.143. The van der Waals surface area contributed by atoms with Crippen molar-refractivity contribution in [1.82, 2.24) is 4.90 Å². The average molecular weight is 459 g/mol. The molecule has 174 valence electrons. The Hall–Kier alpha value is -2.55. The summed E-state index contributed by atoms with van der Waals surface area (Å²) in [6.07, 6.45) is -10.8. The van der Waals surface area contributed by atoms with E-state index < -0.39 is 29.6 Å². The zero-order valence-electron chi connectivity index (χ0n) is 17.5. The van der Waals surface area contributed by atoms with Crippen molar-refractivity contribution in [3.63, 3.8) is 0 Å². The van der Waals surface area contributed by atoms with Crippen LogP contribution in [0.2, 0.25) is 0 Å². The van der Waals surface area contributed by atoms with Crippen molar-refractivity contribution in [2.45, 2.75) is 38.2 Å². The number of halogens is 6. The van der Waals surface area contributed by atoms with Crippen molar-refractivity contribution in [3.05, 3.63) is 70.8 Å². The fourth-order valence-corrected chi connectivity index (χ4v) is 3.95. The first-order valence-corrected chi connectivity index (χ1v) is 10.1. The van der Waals surface area contributed by atoms with Crippen LogP contribution in [0.5, 0.6) is 0 Å². The molecule has 1 amide bonds. The van der Waals surface area contributed by atoms with Crippen LogP contribution in [0.1, 0.15) is 48.1 Å². The largest absolute Gasteiger partial charge is 0.416 e. The van der Waals surface area contributed by atoms with Gasteiger partial charge in [0.15, 0.2) is 0 Å². The van der Waals surface area contributed by atoms with Gasteiger partial charge in [-0.15, -0.1) is 0 Å². The number of amides is 1. The van der Waals surface area contributed by atoms with E-state index in [1.54, 1.807) is 4.90 Å². The molecule has 0 N–H and O–H groups in total. The first kappa shape index (κ1) is 24.1. The van der Waals surface area contributed by atoms with E-state index in [4.69, 9.17) is 4.74 Å². The molecule has 0 bridgehead atoms. The summed E-state index contributed by atoms with van der Waals surface area (Å²) in [6, 6.07) is 10.9. The molecule has 3 nitrogen and oxygen atoms in total. The number of rotatable bonds is 5. The van der Waals surface area contributed by atoms with Gasteiger partial charge in [-0.25, -0.2) is 0 Å². The summed E-state index contributed by atoms with van der Waals surface area (Å²) >= 11 is 0. The maximum Gasteiger partial charge on any atom is 0.416 e. The molecule has 9 heteroatoms. The monoisotopic (exact) mass is 459 g/mol. The summed E-state index contributed by atoms with van der Waals surface area (Å²) in [5.74, 6) is -0.287. The van der Waals surface area contributed by atoms with Crippen LogP contribution in [0.4, 0.5) is 26.3 Å². The van der Waals surface area contributed by atoms with Crippen LogP contribution in [0.25, 0.3) is 0 Å². The topological polar surface area (TPSA) is 29.5 Å². The zero-order valence-corrected chi connectivity index (χ0v) is 17.5. The second-order valence-electron chi connectivity index (χ2n) is 8.02. The van der Waals surface area contributed by atoms with Crippen molar-refractivity contribution in [2.75, 3.05) is 19.7 Å². The van der Waals surface area contributed by atoms with E-state index in [0.717, 1.165) is 5.56 Å². The van der Waals surface area contributed by atoms with Crippen LogP contribution >= 0.6 is 0 Å². The van der Waals surface area contributed by atoms with Gasteiger partial charge in [-0.3, -0.25) is 4.79 Å². The van der Waals surface area contributed by atoms with Gasteiger partial charge in [-0.1, -0.05) is 30.3 Å². The molecule has 3 rings (SSSR count). The van der Waals surface area contributed by atoms with Crippen LogP contribution in [0.3, 0.4) is 0 Å². The van der Waals surface area contributed by atoms with Crippen LogP contribution in [0.15, 0.2) is 48.5 Å². The maximum absolute atomic E-state index is 13.1. The molecule has 1 fully saturated rings. The molecule has 1 saturated heterocycles. The van der Waals surface area contributed by atoms with Gasteiger partial charge >= 0.3 is 12.4 Å². The Labute approximate surface area is 182 Å². The molecular formula is C23H23F6NO2.